The topological polar surface area (TPSA) is 75.4 Å². The number of benzene rings is 1. The number of nitrogens with zero attached hydrogens (tertiary/aromatic N) is 1. The summed E-state index contributed by atoms with van der Waals surface area (Å²) in [7, 11) is 0. The van der Waals surface area contributed by atoms with Crippen molar-refractivity contribution in [3.05, 3.63) is 34.9 Å². The lowest BCUT2D eigenvalue weighted by molar-refractivity contribution is -0.133. The smallest absolute Gasteiger partial charge is 0.251 e. The predicted octanol–water partition coefficient (Wildman–Crippen LogP) is 2.68. The fourth-order valence-corrected chi connectivity index (χ4v) is 4.32. The van der Waals surface area contributed by atoms with E-state index in [9.17, 15) is 9.59 Å². The summed E-state index contributed by atoms with van der Waals surface area (Å²) < 4.78 is 0. The van der Waals surface area contributed by atoms with Crippen LogP contribution in [0.1, 0.15) is 43.5 Å². The SMILES string of the molecule is CCC(C)C(NC(=O)c1ccc(Cl)cc1)C(=O)N1CC2CCC(N)C2C1. The van der Waals surface area contributed by atoms with Crippen LogP contribution in [0.25, 0.3) is 0 Å². The van der Waals surface area contributed by atoms with Gasteiger partial charge in [0, 0.05) is 29.7 Å². The van der Waals surface area contributed by atoms with Crippen molar-refractivity contribution in [2.45, 2.75) is 45.2 Å². The average Bonchev–Trinajstić information content (AvgIpc) is 3.21. The van der Waals surface area contributed by atoms with Crippen molar-refractivity contribution in [1.82, 2.24) is 10.2 Å². The molecule has 0 aromatic heterocycles. The van der Waals surface area contributed by atoms with E-state index in [1.54, 1.807) is 24.3 Å². The number of likely N-dealkylation sites (tertiary alicyclic amines) is 1. The Bertz CT molecular complexity index is 664. The van der Waals surface area contributed by atoms with Gasteiger partial charge in [-0.05, 0) is 54.9 Å². The minimum absolute atomic E-state index is 0.0169. The molecular formula is C20H28ClN3O2. The van der Waals surface area contributed by atoms with Crippen molar-refractivity contribution in [1.29, 1.82) is 0 Å². The van der Waals surface area contributed by atoms with Gasteiger partial charge < -0.3 is 16.0 Å². The number of fused-ring (bicyclic) bond motifs is 1. The summed E-state index contributed by atoms with van der Waals surface area (Å²) in [4.78, 5) is 27.7. The summed E-state index contributed by atoms with van der Waals surface area (Å²) in [6.07, 6.45) is 2.97. The molecule has 1 aliphatic carbocycles. The molecule has 1 heterocycles. The minimum atomic E-state index is -0.516. The third-order valence-electron chi connectivity index (χ3n) is 6.10. The molecule has 3 N–H and O–H groups in total. The van der Waals surface area contributed by atoms with E-state index in [1.807, 2.05) is 18.7 Å². The highest BCUT2D eigenvalue weighted by Crippen LogP contribution is 2.37. The van der Waals surface area contributed by atoms with E-state index >= 15 is 0 Å². The van der Waals surface area contributed by atoms with Crippen LogP contribution < -0.4 is 11.1 Å². The normalized spacial score (nSPS) is 27.1. The van der Waals surface area contributed by atoms with Crippen molar-refractivity contribution in [3.63, 3.8) is 0 Å². The molecule has 2 amide bonds. The number of carbonyl (C=O) groups excluding carboxylic acids is 2. The molecular weight excluding hydrogens is 350 g/mol. The second-order valence-electron chi connectivity index (χ2n) is 7.75. The Morgan fingerprint density at radius 3 is 2.58 bits per heavy atom. The fraction of sp³-hybridized carbons (Fsp3) is 0.600. The van der Waals surface area contributed by atoms with Crippen LogP contribution in [0.15, 0.2) is 24.3 Å². The number of hydrogen-bond donors (Lipinski definition) is 2. The molecule has 1 aromatic carbocycles. The molecule has 1 aliphatic heterocycles. The van der Waals surface area contributed by atoms with E-state index in [2.05, 4.69) is 5.32 Å². The van der Waals surface area contributed by atoms with Gasteiger partial charge in [0.1, 0.15) is 6.04 Å². The highest BCUT2D eigenvalue weighted by atomic mass is 35.5. The number of hydrogen-bond acceptors (Lipinski definition) is 3. The molecule has 5 nitrogen and oxygen atoms in total. The highest BCUT2D eigenvalue weighted by molar-refractivity contribution is 6.30. The Kier molecular flexibility index (Phi) is 5.88. The number of amides is 2. The van der Waals surface area contributed by atoms with Gasteiger partial charge in [-0.15, -0.1) is 0 Å². The highest BCUT2D eigenvalue weighted by Gasteiger charge is 2.44. The monoisotopic (exact) mass is 377 g/mol. The molecule has 0 bridgehead atoms. The van der Waals surface area contributed by atoms with E-state index in [4.69, 9.17) is 17.3 Å². The van der Waals surface area contributed by atoms with E-state index in [0.29, 0.717) is 29.0 Å². The molecule has 1 saturated carbocycles. The van der Waals surface area contributed by atoms with Crippen LogP contribution in [-0.4, -0.2) is 41.9 Å². The van der Waals surface area contributed by atoms with Crippen LogP contribution in [0.2, 0.25) is 5.02 Å². The number of nitrogens with two attached hydrogens (primary N) is 1. The van der Waals surface area contributed by atoms with Crippen molar-refractivity contribution in [2.24, 2.45) is 23.5 Å². The first-order chi connectivity index (χ1) is 12.4. The quantitative estimate of drug-likeness (QED) is 0.828. The van der Waals surface area contributed by atoms with Crippen LogP contribution in [0.3, 0.4) is 0 Å². The zero-order valence-corrected chi connectivity index (χ0v) is 16.2. The molecule has 142 valence electrons. The van der Waals surface area contributed by atoms with Crippen LogP contribution in [-0.2, 0) is 4.79 Å². The molecule has 26 heavy (non-hydrogen) atoms. The molecule has 1 saturated heterocycles. The third-order valence-corrected chi connectivity index (χ3v) is 6.35. The molecule has 2 fully saturated rings. The van der Waals surface area contributed by atoms with Crippen molar-refractivity contribution >= 4 is 23.4 Å². The van der Waals surface area contributed by atoms with Crippen molar-refractivity contribution in [3.8, 4) is 0 Å². The summed E-state index contributed by atoms with van der Waals surface area (Å²) in [5.74, 6) is 0.759. The molecule has 2 aliphatic rings. The van der Waals surface area contributed by atoms with Gasteiger partial charge in [-0.25, -0.2) is 0 Å². The van der Waals surface area contributed by atoms with E-state index < -0.39 is 6.04 Å². The molecule has 0 spiro atoms. The van der Waals surface area contributed by atoms with Crippen LogP contribution in [0.4, 0.5) is 0 Å². The number of nitrogens with one attached hydrogen (secondary N) is 1. The van der Waals surface area contributed by atoms with E-state index in [0.717, 1.165) is 25.8 Å². The number of halogens is 1. The van der Waals surface area contributed by atoms with Gasteiger partial charge >= 0.3 is 0 Å². The average molecular weight is 378 g/mol. The zero-order valence-electron chi connectivity index (χ0n) is 15.5. The first-order valence-corrected chi connectivity index (χ1v) is 9.89. The van der Waals surface area contributed by atoms with Crippen LogP contribution in [0, 0.1) is 17.8 Å². The standard InChI is InChI=1S/C20H28ClN3O2/c1-3-12(2)18(23-19(25)13-4-7-15(21)8-5-13)20(26)24-10-14-6-9-17(22)16(14)11-24/h4-5,7-8,12,14,16-18H,3,6,9-11,22H2,1-2H3,(H,23,25). The van der Waals surface area contributed by atoms with Gasteiger partial charge in [0.05, 0.1) is 0 Å². The molecule has 3 rings (SSSR count). The fourth-order valence-electron chi connectivity index (χ4n) is 4.19. The summed E-state index contributed by atoms with van der Waals surface area (Å²) >= 11 is 5.89. The minimum Gasteiger partial charge on any atom is -0.340 e. The van der Waals surface area contributed by atoms with Gasteiger partial charge in [0.2, 0.25) is 5.91 Å². The Balaban J connectivity index is 1.70. The molecule has 5 atom stereocenters. The largest absolute Gasteiger partial charge is 0.340 e. The predicted molar refractivity (Wildman–Crippen MR) is 103 cm³/mol. The maximum atomic E-state index is 13.2. The molecule has 5 unspecified atom stereocenters. The van der Waals surface area contributed by atoms with Crippen LogP contribution in [0.5, 0.6) is 0 Å². The Hall–Kier alpha value is -1.59. The molecule has 1 aromatic rings. The van der Waals surface area contributed by atoms with Crippen molar-refractivity contribution in [2.75, 3.05) is 13.1 Å². The molecule has 6 heteroatoms. The van der Waals surface area contributed by atoms with Crippen molar-refractivity contribution < 1.29 is 9.59 Å². The lowest BCUT2D eigenvalue weighted by atomic mass is 9.97. The summed E-state index contributed by atoms with van der Waals surface area (Å²) in [6.45, 7) is 5.52. The first-order valence-electron chi connectivity index (χ1n) is 9.51. The second-order valence-corrected chi connectivity index (χ2v) is 8.19. The van der Waals surface area contributed by atoms with Gasteiger partial charge in [0.15, 0.2) is 0 Å². The van der Waals surface area contributed by atoms with Gasteiger partial charge in [0.25, 0.3) is 5.91 Å². The maximum Gasteiger partial charge on any atom is 0.251 e. The molecule has 0 radical (unpaired) electrons. The third kappa shape index (κ3) is 3.89. The second kappa shape index (κ2) is 7.97. The lowest BCUT2D eigenvalue weighted by Crippen LogP contribution is -2.51. The Morgan fingerprint density at radius 1 is 1.27 bits per heavy atom. The summed E-state index contributed by atoms with van der Waals surface area (Å²) in [5, 5.41) is 3.53. The number of carbonyl (C=O) groups is 2. The zero-order chi connectivity index (χ0) is 18.8. The van der Waals surface area contributed by atoms with E-state index in [-0.39, 0.29) is 23.8 Å². The van der Waals surface area contributed by atoms with Crippen LogP contribution >= 0.6 is 11.6 Å². The summed E-state index contributed by atoms with van der Waals surface area (Å²) in [6, 6.07) is 6.39. The van der Waals surface area contributed by atoms with E-state index in [1.165, 1.54) is 0 Å². The Morgan fingerprint density at radius 2 is 1.96 bits per heavy atom. The summed E-state index contributed by atoms with van der Waals surface area (Å²) in [5.41, 5.74) is 6.70. The maximum absolute atomic E-state index is 13.2. The first kappa shape index (κ1) is 19.2. The number of rotatable bonds is 5. The Labute approximate surface area is 160 Å². The van der Waals surface area contributed by atoms with Gasteiger partial charge in [-0.3, -0.25) is 9.59 Å². The van der Waals surface area contributed by atoms with Gasteiger partial charge in [-0.1, -0.05) is 31.9 Å². The lowest BCUT2D eigenvalue weighted by Gasteiger charge is -2.29. The van der Waals surface area contributed by atoms with Gasteiger partial charge in [-0.2, -0.15) is 0 Å².